The molecule has 7 nitrogen and oxygen atoms in total. The van der Waals surface area contributed by atoms with Gasteiger partial charge in [0, 0.05) is 17.8 Å². The topological polar surface area (TPSA) is 77.8 Å². The highest BCUT2D eigenvalue weighted by Crippen LogP contribution is 2.36. The van der Waals surface area contributed by atoms with Crippen LogP contribution in [-0.4, -0.2) is 39.8 Å². The molecule has 0 aliphatic heterocycles. The van der Waals surface area contributed by atoms with E-state index in [1.165, 1.54) is 0 Å². The molecule has 3 aromatic rings. The number of nitrogens with zero attached hydrogens (tertiary/aromatic N) is 3. The molecule has 0 saturated heterocycles. The van der Waals surface area contributed by atoms with Gasteiger partial charge in [-0.25, -0.2) is 9.50 Å². The van der Waals surface area contributed by atoms with Gasteiger partial charge in [-0.05, 0) is 58.2 Å². The van der Waals surface area contributed by atoms with Crippen LogP contribution in [0.1, 0.15) is 48.4 Å². The summed E-state index contributed by atoms with van der Waals surface area (Å²) in [5, 5.41) is 7.68. The van der Waals surface area contributed by atoms with E-state index in [0.717, 1.165) is 46.8 Å². The van der Waals surface area contributed by atoms with Crippen LogP contribution in [0.5, 0.6) is 11.5 Å². The molecular formula is C22H26N4O3. The Kier molecular flexibility index (Phi) is 5.13. The van der Waals surface area contributed by atoms with Gasteiger partial charge in [-0.3, -0.25) is 4.79 Å². The second kappa shape index (κ2) is 7.73. The SMILES string of the molecule is CCOc1ccc(-c2c(C)nn3c(C)c(C(=O)NC4CC4)cnc23)cc1OCC. The number of carbonyl (C=O) groups excluding carboxylic acids is 1. The maximum absolute atomic E-state index is 12.5. The fraction of sp³-hybridized carbons (Fsp3) is 0.409. The number of rotatable bonds is 7. The average Bonchev–Trinajstić information content (AvgIpc) is 3.44. The van der Waals surface area contributed by atoms with Crippen molar-refractivity contribution in [3.8, 4) is 22.6 Å². The van der Waals surface area contributed by atoms with Crippen LogP contribution in [0.4, 0.5) is 0 Å². The molecule has 1 amide bonds. The zero-order chi connectivity index (χ0) is 20.5. The lowest BCUT2D eigenvalue weighted by Gasteiger charge is -2.12. The molecule has 1 aliphatic carbocycles. The minimum Gasteiger partial charge on any atom is -0.490 e. The van der Waals surface area contributed by atoms with Crippen molar-refractivity contribution in [2.45, 2.75) is 46.6 Å². The smallest absolute Gasteiger partial charge is 0.254 e. The highest BCUT2D eigenvalue weighted by molar-refractivity contribution is 5.96. The summed E-state index contributed by atoms with van der Waals surface area (Å²) in [6.07, 6.45) is 3.74. The maximum Gasteiger partial charge on any atom is 0.254 e. The number of ether oxygens (including phenoxy) is 2. The van der Waals surface area contributed by atoms with Crippen LogP contribution in [0, 0.1) is 13.8 Å². The molecule has 7 heteroatoms. The van der Waals surface area contributed by atoms with E-state index in [1.807, 2.05) is 45.9 Å². The second-order valence-electron chi connectivity index (χ2n) is 7.23. The molecular weight excluding hydrogens is 368 g/mol. The lowest BCUT2D eigenvalue weighted by molar-refractivity contribution is 0.0949. The number of carbonyl (C=O) groups is 1. The van der Waals surface area contributed by atoms with E-state index in [4.69, 9.17) is 9.47 Å². The van der Waals surface area contributed by atoms with E-state index in [9.17, 15) is 4.79 Å². The zero-order valence-corrected chi connectivity index (χ0v) is 17.3. The van der Waals surface area contributed by atoms with Crippen molar-refractivity contribution in [1.82, 2.24) is 19.9 Å². The molecule has 4 rings (SSSR count). The first-order valence-corrected chi connectivity index (χ1v) is 10.1. The van der Waals surface area contributed by atoms with Crippen LogP contribution in [0.15, 0.2) is 24.4 Å². The van der Waals surface area contributed by atoms with E-state index in [-0.39, 0.29) is 5.91 Å². The normalized spacial score (nSPS) is 13.5. The Morgan fingerprint density at radius 1 is 1.17 bits per heavy atom. The zero-order valence-electron chi connectivity index (χ0n) is 17.3. The quantitative estimate of drug-likeness (QED) is 0.661. The van der Waals surface area contributed by atoms with Gasteiger partial charge in [0.25, 0.3) is 5.91 Å². The number of hydrogen-bond acceptors (Lipinski definition) is 5. The Bertz CT molecular complexity index is 1070. The van der Waals surface area contributed by atoms with Gasteiger partial charge in [-0.2, -0.15) is 5.10 Å². The highest BCUT2D eigenvalue weighted by atomic mass is 16.5. The summed E-state index contributed by atoms with van der Waals surface area (Å²) in [6.45, 7) is 8.86. The van der Waals surface area contributed by atoms with Gasteiger partial charge in [0.2, 0.25) is 0 Å². The third-order valence-electron chi connectivity index (χ3n) is 5.05. The average molecular weight is 394 g/mol. The molecule has 0 bridgehead atoms. The lowest BCUT2D eigenvalue weighted by atomic mass is 10.1. The minimum absolute atomic E-state index is 0.0891. The number of hydrogen-bond donors (Lipinski definition) is 1. The molecule has 2 aromatic heterocycles. The van der Waals surface area contributed by atoms with Crippen molar-refractivity contribution in [2.24, 2.45) is 0 Å². The second-order valence-corrected chi connectivity index (χ2v) is 7.23. The van der Waals surface area contributed by atoms with Gasteiger partial charge in [0.05, 0.1) is 30.2 Å². The molecule has 1 saturated carbocycles. The van der Waals surface area contributed by atoms with E-state index in [2.05, 4.69) is 15.4 Å². The Morgan fingerprint density at radius 3 is 2.59 bits per heavy atom. The number of aromatic nitrogens is 3. The van der Waals surface area contributed by atoms with E-state index < -0.39 is 0 Å². The first-order valence-electron chi connectivity index (χ1n) is 10.1. The van der Waals surface area contributed by atoms with Crippen molar-refractivity contribution in [1.29, 1.82) is 0 Å². The predicted octanol–water partition coefficient (Wildman–Crippen LogP) is 3.70. The summed E-state index contributed by atoms with van der Waals surface area (Å²) >= 11 is 0. The summed E-state index contributed by atoms with van der Waals surface area (Å²) in [6, 6.07) is 6.16. The molecule has 2 heterocycles. The maximum atomic E-state index is 12.5. The summed E-state index contributed by atoms with van der Waals surface area (Å²) in [7, 11) is 0. The summed E-state index contributed by atoms with van der Waals surface area (Å²) < 4.78 is 13.2. The molecule has 0 radical (unpaired) electrons. The number of aryl methyl sites for hydroxylation is 2. The van der Waals surface area contributed by atoms with Crippen LogP contribution < -0.4 is 14.8 Å². The van der Waals surface area contributed by atoms with Crippen LogP contribution in [-0.2, 0) is 0 Å². The number of fused-ring (bicyclic) bond motifs is 1. The molecule has 0 unspecified atom stereocenters. The molecule has 29 heavy (non-hydrogen) atoms. The van der Waals surface area contributed by atoms with Crippen molar-refractivity contribution in [3.63, 3.8) is 0 Å². The predicted molar refractivity (Wildman–Crippen MR) is 111 cm³/mol. The largest absolute Gasteiger partial charge is 0.490 e. The van der Waals surface area contributed by atoms with Gasteiger partial charge < -0.3 is 14.8 Å². The van der Waals surface area contributed by atoms with E-state index in [1.54, 1.807) is 10.7 Å². The van der Waals surface area contributed by atoms with E-state index >= 15 is 0 Å². The fourth-order valence-corrected chi connectivity index (χ4v) is 3.46. The monoisotopic (exact) mass is 394 g/mol. The molecule has 152 valence electrons. The summed E-state index contributed by atoms with van der Waals surface area (Å²) in [5.74, 6) is 1.33. The summed E-state index contributed by atoms with van der Waals surface area (Å²) in [4.78, 5) is 17.1. The van der Waals surface area contributed by atoms with Crippen molar-refractivity contribution in [3.05, 3.63) is 41.3 Å². The number of benzene rings is 1. The molecule has 1 N–H and O–H groups in total. The highest BCUT2D eigenvalue weighted by Gasteiger charge is 2.26. The Morgan fingerprint density at radius 2 is 1.90 bits per heavy atom. The van der Waals surface area contributed by atoms with Gasteiger partial charge >= 0.3 is 0 Å². The first-order chi connectivity index (χ1) is 14.0. The third-order valence-corrected chi connectivity index (χ3v) is 5.05. The summed E-state index contributed by atoms with van der Waals surface area (Å²) in [5.41, 5.74) is 4.76. The Balaban J connectivity index is 1.78. The fourth-order valence-electron chi connectivity index (χ4n) is 3.46. The Hall–Kier alpha value is -3.09. The molecule has 1 aromatic carbocycles. The van der Waals surface area contributed by atoms with Crippen LogP contribution in [0.3, 0.4) is 0 Å². The van der Waals surface area contributed by atoms with Crippen LogP contribution in [0.2, 0.25) is 0 Å². The van der Waals surface area contributed by atoms with Gasteiger partial charge in [0.1, 0.15) is 0 Å². The number of nitrogens with one attached hydrogen (secondary N) is 1. The Labute approximate surface area is 170 Å². The molecule has 0 spiro atoms. The third kappa shape index (κ3) is 3.64. The lowest BCUT2D eigenvalue weighted by Crippen LogP contribution is -2.27. The standard InChI is InChI=1S/C22H26N4O3/c1-5-28-18-10-7-15(11-19(18)29-6-2)20-13(3)25-26-14(4)17(12-23-21(20)26)22(27)24-16-8-9-16/h7,10-12,16H,5-6,8-9H2,1-4H3,(H,24,27). The molecule has 1 aliphatic rings. The van der Waals surface area contributed by atoms with Crippen LogP contribution in [0.25, 0.3) is 16.8 Å². The van der Waals surface area contributed by atoms with Gasteiger partial charge in [-0.15, -0.1) is 0 Å². The molecule has 1 fully saturated rings. The van der Waals surface area contributed by atoms with Gasteiger partial charge in [0.15, 0.2) is 17.1 Å². The first kappa shape index (κ1) is 19.2. The van der Waals surface area contributed by atoms with Crippen molar-refractivity contribution >= 4 is 11.6 Å². The van der Waals surface area contributed by atoms with Crippen LogP contribution >= 0.6 is 0 Å². The van der Waals surface area contributed by atoms with Gasteiger partial charge in [-0.1, -0.05) is 6.07 Å². The van der Waals surface area contributed by atoms with Crippen molar-refractivity contribution < 1.29 is 14.3 Å². The van der Waals surface area contributed by atoms with E-state index in [0.29, 0.717) is 30.6 Å². The molecule has 0 atom stereocenters. The van der Waals surface area contributed by atoms with Crippen molar-refractivity contribution in [2.75, 3.05) is 13.2 Å². The minimum atomic E-state index is -0.0891. The number of amides is 1.